The number of carbonyl (C=O) groups is 1. The summed E-state index contributed by atoms with van der Waals surface area (Å²) < 4.78 is 43.8. The van der Waals surface area contributed by atoms with E-state index in [1.807, 2.05) is 0 Å². The molecule has 0 aliphatic rings. The highest BCUT2D eigenvalue weighted by Crippen LogP contribution is 2.36. The van der Waals surface area contributed by atoms with E-state index in [4.69, 9.17) is 16.0 Å². The predicted octanol–water partition coefficient (Wildman–Crippen LogP) is 4.72. The molecule has 5 nitrogen and oxygen atoms in total. The van der Waals surface area contributed by atoms with E-state index < -0.39 is 17.6 Å². The first-order chi connectivity index (χ1) is 11.3. The third-order valence-electron chi connectivity index (χ3n) is 2.97. The van der Waals surface area contributed by atoms with Gasteiger partial charge in [-0.15, -0.1) is 10.2 Å². The van der Waals surface area contributed by atoms with E-state index in [0.29, 0.717) is 0 Å². The van der Waals surface area contributed by atoms with Crippen molar-refractivity contribution < 1.29 is 22.4 Å². The molecule has 3 rings (SSSR count). The first kappa shape index (κ1) is 16.5. The molecule has 1 aromatic carbocycles. The third kappa shape index (κ3) is 3.41. The van der Waals surface area contributed by atoms with Crippen LogP contribution < -0.4 is 5.32 Å². The van der Waals surface area contributed by atoms with Gasteiger partial charge in [0.2, 0.25) is 5.13 Å². The van der Waals surface area contributed by atoms with E-state index in [1.165, 1.54) is 17.6 Å². The van der Waals surface area contributed by atoms with Crippen molar-refractivity contribution in [2.45, 2.75) is 6.18 Å². The Morgan fingerprint density at radius 3 is 2.71 bits per heavy atom. The Morgan fingerprint density at radius 1 is 1.25 bits per heavy atom. The lowest BCUT2D eigenvalue weighted by atomic mass is 10.1. The largest absolute Gasteiger partial charge is 0.451 e. The van der Waals surface area contributed by atoms with Crippen LogP contribution in [0.1, 0.15) is 16.1 Å². The van der Waals surface area contributed by atoms with Crippen LogP contribution in [0, 0.1) is 0 Å². The highest BCUT2D eigenvalue weighted by Gasteiger charge is 2.31. The molecule has 0 atom stereocenters. The minimum absolute atomic E-state index is 0.0430. The standard InChI is InChI=1S/C14H7ClF3N3O2S/c15-9-2-1-7(14(16,17)18)5-8(9)10-3-4-11(23-10)12(22)20-13-21-19-6-24-13/h1-6H,(H,20,21,22). The van der Waals surface area contributed by atoms with Crippen LogP contribution >= 0.6 is 22.9 Å². The summed E-state index contributed by atoms with van der Waals surface area (Å²) in [6, 6.07) is 5.58. The van der Waals surface area contributed by atoms with E-state index in [-0.39, 0.29) is 27.2 Å². The van der Waals surface area contributed by atoms with Gasteiger partial charge in [-0.3, -0.25) is 10.1 Å². The molecule has 24 heavy (non-hydrogen) atoms. The van der Waals surface area contributed by atoms with Gasteiger partial charge in [0, 0.05) is 5.56 Å². The number of anilines is 1. The number of halogens is 4. The number of amides is 1. The lowest BCUT2D eigenvalue weighted by Crippen LogP contribution is -2.10. The summed E-state index contributed by atoms with van der Waals surface area (Å²) >= 11 is 7.05. The smallest absolute Gasteiger partial charge is 0.416 e. The van der Waals surface area contributed by atoms with E-state index in [0.717, 1.165) is 29.5 Å². The summed E-state index contributed by atoms with van der Waals surface area (Å²) in [5, 5.41) is 10.0. The number of alkyl halides is 3. The first-order valence-corrected chi connectivity index (χ1v) is 7.65. The Hall–Kier alpha value is -2.39. The highest BCUT2D eigenvalue weighted by atomic mass is 35.5. The molecule has 0 saturated heterocycles. The van der Waals surface area contributed by atoms with Crippen molar-refractivity contribution in [1.29, 1.82) is 0 Å². The molecular formula is C14H7ClF3N3O2S. The molecule has 0 aliphatic carbocycles. The van der Waals surface area contributed by atoms with Crippen molar-refractivity contribution in [3.63, 3.8) is 0 Å². The number of hydrogen-bond donors (Lipinski definition) is 1. The summed E-state index contributed by atoms with van der Waals surface area (Å²) in [5.41, 5.74) is 0.616. The molecular weight excluding hydrogens is 367 g/mol. The van der Waals surface area contributed by atoms with Crippen molar-refractivity contribution >= 4 is 34.0 Å². The van der Waals surface area contributed by atoms with Crippen LogP contribution in [-0.2, 0) is 6.18 Å². The number of hydrogen-bond acceptors (Lipinski definition) is 5. The second-order valence-electron chi connectivity index (χ2n) is 4.55. The molecule has 1 N–H and O–H groups in total. The lowest BCUT2D eigenvalue weighted by molar-refractivity contribution is -0.137. The summed E-state index contributed by atoms with van der Waals surface area (Å²) in [6.07, 6.45) is -4.51. The number of aromatic nitrogens is 2. The van der Waals surface area contributed by atoms with Crippen molar-refractivity contribution in [3.8, 4) is 11.3 Å². The van der Waals surface area contributed by atoms with Crippen LogP contribution in [0.4, 0.5) is 18.3 Å². The zero-order chi connectivity index (χ0) is 17.3. The summed E-state index contributed by atoms with van der Waals surface area (Å²) in [6.45, 7) is 0. The lowest BCUT2D eigenvalue weighted by Gasteiger charge is -2.09. The maximum Gasteiger partial charge on any atom is 0.416 e. The fraction of sp³-hybridized carbons (Fsp3) is 0.0714. The molecule has 0 bridgehead atoms. The van der Waals surface area contributed by atoms with Crippen molar-refractivity contribution in [1.82, 2.24) is 10.2 Å². The Morgan fingerprint density at radius 2 is 2.04 bits per heavy atom. The SMILES string of the molecule is O=C(Nc1nncs1)c1ccc(-c2cc(C(F)(F)F)ccc2Cl)o1. The van der Waals surface area contributed by atoms with E-state index in [9.17, 15) is 18.0 Å². The number of nitrogens with one attached hydrogen (secondary N) is 1. The van der Waals surface area contributed by atoms with Crippen LogP contribution in [0.3, 0.4) is 0 Å². The quantitative estimate of drug-likeness (QED) is 0.721. The van der Waals surface area contributed by atoms with Gasteiger partial charge in [-0.25, -0.2) is 0 Å². The highest BCUT2D eigenvalue weighted by molar-refractivity contribution is 7.13. The number of nitrogens with zero attached hydrogens (tertiary/aromatic N) is 2. The van der Waals surface area contributed by atoms with Gasteiger partial charge in [0.15, 0.2) is 5.76 Å². The normalized spacial score (nSPS) is 11.5. The molecule has 2 heterocycles. The minimum atomic E-state index is -4.51. The summed E-state index contributed by atoms with van der Waals surface area (Å²) in [4.78, 5) is 12.0. The molecule has 0 aliphatic heterocycles. The first-order valence-electron chi connectivity index (χ1n) is 6.39. The van der Waals surface area contributed by atoms with Gasteiger partial charge in [0.1, 0.15) is 11.3 Å². The Bertz CT molecular complexity index is 878. The zero-order valence-corrected chi connectivity index (χ0v) is 13.2. The molecule has 0 radical (unpaired) electrons. The van der Waals surface area contributed by atoms with Crippen molar-refractivity contribution in [2.75, 3.05) is 5.32 Å². The maximum atomic E-state index is 12.8. The third-order valence-corrected chi connectivity index (χ3v) is 3.91. The fourth-order valence-electron chi connectivity index (χ4n) is 1.88. The molecule has 3 aromatic rings. The Balaban J connectivity index is 1.89. The van der Waals surface area contributed by atoms with Gasteiger partial charge >= 0.3 is 6.18 Å². The molecule has 0 unspecified atom stereocenters. The molecule has 0 fully saturated rings. The van der Waals surface area contributed by atoms with Crippen molar-refractivity contribution in [2.24, 2.45) is 0 Å². The van der Waals surface area contributed by atoms with Gasteiger partial charge < -0.3 is 4.42 Å². The zero-order valence-electron chi connectivity index (χ0n) is 11.6. The number of carbonyl (C=O) groups excluding carboxylic acids is 1. The Kier molecular flexibility index (Phi) is 4.29. The molecule has 2 aromatic heterocycles. The topological polar surface area (TPSA) is 68.0 Å². The second kappa shape index (κ2) is 6.25. The average Bonchev–Trinajstić information content (AvgIpc) is 3.17. The summed E-state index contributed by atoms with van der Waals surface area (Å²) in [5.74, 6) is -0.636. The Labute approximate surface area is 142 Å². The predicted molar refractivity (Wildman–Crippen MR) is 82.0 cm³/mol. The molecule has 124 valence electrons. The average molecular weight is 374 g/mol. The van der Waals surface area contributed by atoms with E-state index in [1.54, 1.807) is 0 Å². The van der Waals surface area contributed by atoms with Crippen LogP contribution in [0.2, 0.25) is 5.02 Å². The van der Waals surface area contributed by atoms with Gasteiger partial charge in [-0.05, 0) is 30.3 Å². The summed E-state index contributed by atoms with van der Waals surface area (Å²) in [7, 11) is 0. The van der Waals surface area contributed by atoms with Gasteiger partial charge in [0.05, 0.1) is 10.6 Å². The maximum absolute atomic E-state index is 12.8. The molecule has 0 saturated carbocycles. The van der Waals surface area contributed by atoms with Crippen LogP contribution in [0.15, 0.2) is 40.3 Å². The monoisotopic (exact) mass is 373 g/mol. The fourth-order valence-corrected chi connectivity index (χ4v) is 2.53. The van der Waals surface area contributed by atoms with Gasteiger partial charge in [-0.1, -0.05) is 22.9 Å². The van der Waals surface area contributed by atoms with Gasteiger partial charge in [-0.2, -0.15) is 13.2 Å². The van der Waals surface area contributed by atoms with Gasteiger partial charge in [0.25, 0.3) is 5.91 Å². The van der Waals surface area contributed by atoms with E-state index >= 15 is 0 Å². The van der Waals surface area contributed by atoms with Crippen LogP contribution in [0.5, 0.6) is 0 Å². The number of furan rings is 1. The van der Waals surface area contributed by atoms with Crippen LogP contribution in [-0.4, -0.2) is 16.1 Å². The van der Waals surface area contributed by atoms with E-state index in [2.05, 4.69) is 15.5 Å². The number of benzene rings is 1. The van der Waals surface area contributed by atoms with Crippen molar-refractivity contribution in [3.05, 3.63) is 52.2 Å². The minimum Gasteiger partial charge on any atom is -0.451 e. The number of rotatable bonds is 3. The van der Waals surface area contributed by atoms with Crippen LogP contribution in [0.25, 0.3) is 11.3 Å². The molecule has 10 heteroatoms. The second-order valence-corrected chi connectivity index (χ2v) is 5.79. The molecule has 0 spiro atoms. The molecule has 1 amide bonds.